The van der Waals surface area contributed by atoms with Crippen molar-refractivity contribution in [1.82, 2.24) is 9.80 Å². The molecule has 1 saturated heterocycles. The summed E-state index contributed by atoms with van der Waals surface area (Å²) in [6.45, 7) is 10.8. The molecule has 6 heteroatoms. The first-order chi connectivity index (χ1) is 9.49. The van der Waals surface area contributed by atoms with E-state index in [-0.39, 0.29) is 0 Å². The molecule has 0 spiro atoms. The molecule has 0 saturated carbocycles. The van der Waals surface area contributed by atoms with Crippen LogP contribution < -0.4 is 0 Å². The van der Waals surface area contributed by atoms with Gasteiger partial charge in [0.1, 0.15) is 11.1 Å². The van der Waals surface area contributed by atoms with Gasteiger partial charge in [0.2, 0.25) is 0 Å². The predicted molar refractivity (Wildman–Crippen MR) is 80.3 cm³/mol. The van der Waals surface area contributed by atoms with Gasteiger partial charge in [-0.3, -0.25) is 4.90 Å². The van der Waals surface area contributed by atoms with E-state index >= 15 is 0 Å². The fourth-order valence-electron chi connectivity index (χ4n) is 2.61. The number of likely N-dealkylation sites (N-methyl/N-ethyl adjacent to an activating group) is 1. The third-order valence-electron chi connectivity index (χ3n) is 4.06. The van der Waals surface area contributed by atoms with Crippen molar-refractivity contribution in [2.24, 2.45) is 0 Å². The highest BCUT2D eigenvalue weighted by molar-refractivity contribution is 5.84. The maximum atomic E-state index is 12.2. The first-order valence-corrected chi connectivity index (χ1v) is 7.44. The van der Waals surface area contributed by atoms with Gasteiger partial charge in [-0.25, -0.2) is 9.59 Å². The van der Waals surface area contributed by atoms with Crippen LogP contribution in [-0.2, 0) is 9.53 Å². The van der Waals surface area contributed by atoms with E-state index in [1.165, 1.54) is 11.9 Å². The average Bonchev–Trinajstić information content (AvgIpc) is 2.35. The number of ether oxygens (including phenoxy) is 1. The summed E-state index contributed by atoms with van der Waals surface area (Å²) in [6.07, 6.45) is 0.245. The van der Waals surface area contributed by atoms with Crippen LogP contribution in [0.25, 0.3) is 0 Å². The van der Waals surface area contributed by atoms with Gasteiger partial charge in [0.05, 0.1) is 0 Å². The van der Waals surface area contributed by atoms with Crippen molar-refractivity contribution in [2.75, 3.05) is 20.1 Å². The van der Waals surface area contributed by atoms with Gasteiger partial charge in [0, 0.05) is 26.2 Å². The van der Waals surface area contributed by atoms with Gasteiger partial charge in [-0.2, -0.15) is 0 Å². The Morgan fingerprint density at radius 1 is 1.24 bits per heavy atom. The number of hydrogen-bond acceptors (Lipinski definition) is 4. The van der Waals surface area contributed by atoms with Crippen LogP contribution in [0.1, 0.15) is 47.5 Å². The highest BCUT2D eigenvalue weighted by Gasteiger charge is 2.48. The summed E-state index contributed by atoms with van der Waals surface area (Å²) in [5.74, 6) is -0.959. The third kappa shape index (κ3) is 4.09. The van der Waals surface area contributed by atoms with E-state index in [0.717, 1.165) is 0 Å². The lowest BCUT2D eigenvalue weighted by atomic mass is 9.85. The Bertz CT molecular complexity index is 393. The molecule has 0 aromatic rings. The topological polar surface area (TPSA) is 70.1 Å². The van der Waals surface area contributed by atoms with Crippen molar-refractivity contribution in [3.05, 3.63) is 0 Å². The number of piperidine rings is 1. The fraction of sp³-hybridized carbons (Fsp3) is 0.867. The highest BCUT2D eigenvalue weighted by atomic mass is 16.6. The van der Waals surface area contributed by atoms with Gasteiger partial charge in [-0.15, -0.1) is 0 Å². The normalized spacial score (nSPS) is 19.4. The molecule has 1 N–H and O–H groups in total. The Kier molecular flexibility index (Phi) is 5.25. The standard InChI is InChI=1S/C15H28N2O4/c1-11(2)17-9-7-15(8-10-17,12(18)19)16(6)13(20)21-14(3,4)5/h11H,7-10H2,1-6H3,(H,18,19). The molecule has 0 unspecified atom stereocenters. The Morgan fingerprint density at radius 2 is 1.71 bits per heavy atom. The number of carbonyl (C=O) groups excluding carboxylic acids is 1. The zero-order valence-corrected chi connectivity index (χ0v) is 14.0. The van der Waals surface area contributed by atoms with Gasteiger partial charge in [0.25, 0.3) is 0 Å². The molecule has 0 aromatic carbocycles. The molecule has 1 rings (SSSR count). The number of rotatable bonds is 3. The molecule has 1 heterocycles. The van der Waals surface area contributed by atoms with Crippen molar-refractivity contribution < 1.29 is 19.4 Å². The van der Waals surface area contributed by atoms with Crippen molar-refractivity contribution in [1.29, 1.82) is 0 Å². The first-order valence-electron chi connectivity index (χ1n) is 7.44. The van der Waals surface area contributed by atoms with Crippen LogP contribution in [0.15, 0.2) is 0 Å². The van der Waals surface area contributed by atoms with Crippen LogP contribution in [0.5, 0.6) is 0 Å². The summed E-state index contributed by atoms with van der Waals surface area (Å²) < 4.78 is 5.31. The van der Waals surface area contributed by atoms with Crippen LogP contribution in [0, 0.1) is 0 Å². The molecule has 0 bridgehead atoms. The van der Waals surface area contributed by atoms with E-state index in [1.807, 2.05) is 0 Å². The van der Waals surface area contributed by atoms with Crippen LogP contribution >= 0.6 is 0 Å². The Hall–Kier alpha value is -1.30. The molecule has 0 radical (unpaired) electrons. The minimum Gasteiger partial charge on any atom is -0.479 e. The van der Waals surface area contributed by atoms with Crippen molar-refractivity contribution in [3.63, 3.8) is 0 Å². The van der Waals surface area contributed by atoms with Crippen molar-refractivity contribution >= 4 is 12.1 Å². The molecule has 1 aliphatic rings. The van der Waals surface area contributed by atoms with Crippen LogP contribution in [0.4, 0.5) is 4.79 Å². The average molecular weight is 300 g/mol. The number of nitrogens with zero attached hydrogens (tertiary/aromatic N) is 2. The molecular formula is C15H28N2O4. The lowest BCUT2D eigenvalue weighted by molar-refractivity contribution is -0.154. The first kappa shape index (κ1) is 17.8. The maximum Gasteiger partial charge on any atom is 0.410 e. The zero-order chi connectivity index (χ0) is 16.4. The zero-order valence-electron chi connectivity index (χ0n) is 14.0. The summed E-state index contributed by atoms with van der Waals surface area (Å²) in [5, 5.41) is 9.66. The van der Waals surface area contributed by atoms with Crippen molar-refractivity contribution in [3.8, 4) is 0 Å². The number of aliphatic carboxylic acids is 1. The number of carbonyl (C=O) groups is 2. The number of likely N-dealkylation sites (tertiary alicyclic amines) is 1. The molecule has 6 nitrogen and oxygen atoms in total. The minimum atomic E-state index is -1.17. The summed E-state index contributed by atoms with van der Waals surface area (Å²) in [4.78, 5) is 27.5. The summed E-state index contributed by atoms with van der Waals surface area (Å²) in [7, 11) is 1.52. The molecule has 122 valence electrons. The molecular weight excluding hydrogens is 272 g/mol. The second-order valence-corrected chi connectivity index (χ2v) is 7.01. The van der Waals surface area contributed by atoms with E-state index in [0.29, 0.717) is 32.0 Å². The minimum absolute atomic E-state index is 0.378. The number of carboxylic acid groups (broad SMARTS) is 1. The number of carboxylic acids is 1. The Morgan fingerprint density at radius 3 is 2.05 bits per heavy atom. The lowest BCUT2D eigenvalue weighted by Gasteiger charge is -2.45. The van der Waals surface area contributed by atoms with E-state index in [1.54, 1.807) is 20.8 Å². The van der Waals surface area contributed by atoms with Gasteiger partial charge < -0.3 is 14.7 Å². The van der Waals surface area contributed by atoms with Crippen LogP contribution in [0.2, 0.25) is 0 Å². The Labute approximate surface area is 127 Å². The summed E-state index contributed by atoms with van der Waals surface area (Å²) in [6, 6.07) is 0.378. The van der Waals surface area contributed by atoms with E-state index in [9.17, 15) is 14.7 Å². The van der Waals surface area contributed by atoms with Crippen LogP contribution in [-0.4, -0.2) is 64.3 Å². The second kappa shape index (κ2) is 6.22. The highest BCUT2D eigenvalue weighted by Crippen LogP contribution is 2.30. The molecule has 0 atom stereocenters. The predicted octanol–water partition coefficient (Wildman–Crippen LogP) is 2.18. The quantitative estimate of drug-likeness (QED) is 0.865. The number of hydrogen-bond donors (Lipinski definition) is 1. The van der Waals surface area contributed by atoms with Gasteiger partial charge in [0.15, 0.2) is 0 Å². The van der Waals surface area contributed by atoms with Gasteiger partial charge >= 0.3 is 12.1 Å². The van der Waals surface area contributed by atoms with Gasteiger partial charge in [-0.1, -0.05) is 0 Å². The second-order valence-electron chi connectivity index (χ2n) is 7.01. The SMILES string of the molecule is CC(C)N1CCC(C(=O)O)(N(C)C(=O)OC(C)(C)C)CC1. The Balaban J connectivity index is 2.87. The molecule has 1 amide bonds. The maximum absolute atomic E-state index is 12.2. The molecule has 0 aromatic heterocycles. The number of amides is 1. The van der Waals surface area contributed by atoms with Gasteiger partial charge in [-0.05, 0) is 47.5 Å². The van der Waals surface area contributed by atoms with E-state index < -0.39 is 23.2 Å². The lowest BCUT2D eigenvalue weighted by Crippen LogP contribution is -2.61. The summed E-state index contributed by atoms with van der Waals surface area (Å²) in [5.41, 5.74) is -1.81. The fourth-order valence-corrected chi connectivity index (χ4v) is 2.61. The monoisotopic (exact) mass is 300 g/mol. The van der Waals surface area contributed by atoms with Crippen LogP contribution in [0.3, 0.4) is 0 Å². The third-order valence-corrected chi connectivity index (χ3v) is 4.06. The van der Waals surface area contributed by atoms with E-state index in [2.05, 4.69) is 18.7 Å². The molecule has 21 heavy (non-hydrogen) atoms. The van der Waals surface area contributed by atoms with E-state index in [4.69, 9.17) is 4.74 Å². The molecule has 0 aliphatic carbocycles. The molecule has 1 aliphatic heterocycles. The largest absolute Gasteiger partial charge is 0.479 e. The smallest absolute Gasteiger partial charge is 0.410 e. The molecule has 1 fully saturated rings. The summed E-state index contributed by atoms with van der Waals surface area (Å²) >= 11 is 0. The van der Waals surface area contributed by atoms with Crippen molar-refractivity contribution in [2.45, 2.75) is 64.6 Å².